The molecule has 0 spiro atoms. The maximum Gasteiger partial charge on any atom is 0.257 e. The molecule has 12 rings (SSSR count). The molecule has 6 aromatic heterocycles. The quantitative estimate of drug-likeness (QED) is 0.0744. The Bertz CT molecular complexity index is 4500. The zero-order valence-corrected chi connectivity index (χ0v) is 56.0. The number of aromatic nitrogens is 9. The molecular formula is C66H80N14O9S3. The van der Waals surface area contributed by atoms with Crippen molar-refractivity contribution in [3.05, 3.63) is 127 Å². The number of hydrogen-bond acceptors (Lipinski definition) is 17. The highest BCUT2D eigenvalue weighted by molar-refractivity contribution is 7.92. The van der Waals surface area contributed by atoms with Crippen LogP contribution in [0.25, 0.3) is 67.3 Å². The number of rotatable bonds is 15. The van der Waals surface area contributed by atoms with Crippen molar-refractivity contribution >= 4 is 80.7 Å². The van der Waals surface area contributed by atoms with Gasteiger partial charge in [0.15, 0.2) is 46.5 Å². The standard InChI is InChI=1S/2C23H29N5O3S.C20H22N4O3S/c1-15(2)32(30,31)18-7-5-16(6-8-18)20-14-25-22-21(26-20)19(13-24-22)23(29)28-11-9-17(10-12-28)27(3)4;1-15(2)32(30,31)18-9-7-16(8-10-18)20-13-25-22-21(26-20)19(12-24-22)23(29)28-11-5-6-17(14-28)27(3)4;1-12(2)28(26,27)15-8-6-13(7-9-15)17-11-22-19-18(24-17)16(10-21-19)20(25)23-14-4-3-5-14/h5-8,13-15,17H,9-12H2,1-4H3,(H,24,25);7-10,12-13,15,17H,5-6,11,14H2,1-4H3,(H,24,25);6-12,14H,3-5H2,1-2H3,(H,21,22)(H,23,25). The van der Waals surface area contributed by atoms with Crippen LogP contribution in [-0.4, -0.2) is 196 Å². The fourth-order valence-corrected chi connectivity index (χ4v) is 14.3. The summed E-state index contributed by atoms with van der Waals surface area (Å²) < 4.78 is 74.1. The van der Waals surface area contributed by atoms with Crippen molar-refractivity contribution < 1.29 is 39.6 Å². The first-order valence-corrected chi connectivity index (χ1v) is 35.6. The second-order valence-electron chi connectivity index (χ2n) is 24.9. The SMILES string of the molecule is CC(C)S(=O)(=O)c1ccc(-c2cnc3[nH]cc(C(=O)N4CCC(N(C)C)CC4)c3n2)cc1.CC(C)S(=O)(=O)c1ccc(-c2cnc3[nH]cc(C(=O)N4CCCC(N(C)C)C4)c3n2)cc1.CC(C)S(=O)(=O)c1ccc(-c2cnc3[nH]cc(C(=O)NC4CCC4)c3n2)cc1. The van der Waals surface area contributed by atoms with Crippen molar-refractivity contribution in [1.29, 1.82) is 0 Å². The molecule has 4 N–H and O–H groups in total. The lowest BCUT2D eigenvalue weighted by Crippen LogP contribution is -2.47. The molecule has 1 unspecified atom stereocenters. The summed E-state index contributed by atoms with van der Waals surface area (Å²) in [5, 5.41) is 1.56. The van der Waals surface area contributed by atoms with Crippen molar-refractivity contribution in [2.24, 2.45) is 0 Å². The molecule has 8 heterocycles. The summed E-state index contributed by atoms with van der Waals surface area (Å²) in [5.74, 6) is -0.244. The van der Waals surface area contributed by atoms with E-state index in [4.69, 9.17) is 9.97 Å². The number of sulfone groups is 3. The minimum absolute atomic E-state index is 0.0433. The smallest absolute Gasteiger partial charge is 0.257 e. The van der Waals surface area contributed by atoms with Gasteiger partial charge in [-0.15, -0.1) is 0 Å². The number of nitrogens with zero attached hydrogens (tertiary/aromatic N) is 10. The normalized spacial score (nSPS) is 16.1. The van der Waals surface area contributed by atoms with Gasteiger partial charge in [-0.2, -0.15) is 0 Å². The van der Waals surface area contributed by atoms with Gasteiger partial charge in [-0.05, 0) is 151 Å². The fourth-order valence-electron chi connectivity index (χ4n) is 11.2. The molecule has 486 valence electrons. The Morgan fingerprint density at radius 2 is 0.826 bits per heavy atom. The maximum atomic E-state index is 13.3. The van der Waals surface area contributed by atoms with Gasteiger partial charge in [0, 0.05) is 79.6 Å². The number of hydrogen-bond donors (Lipinski definition) is 4. The molecule has 0 radical (unpaired) electrons. The number of H-pyrrole nitrogens is 3. The summed E-state index contributed by atoms with van der Waals surface area (Å²) in [4.78, 5) is 84.2. The summed E-state index contributed by atoms with van der Waals surface area (Å²) in [6.45, 7) is 12.8. The number of likely N-dealkylation sites (tertiary alicyclic amines) is 2. The van der Waals surface area contributed by atoms with E-state index in [0.717, 1.165) is 68.2 Å². The number of likely N-dealkylation sites (N-methyl/N-ethyl adjacent to an activating group) is 1. The molecular weight excluding hydrogens is 1230 g/mol. The van der Waals surface area contributed by atoms with Crippen LogP contribution in [0.1, 0.15) is 118 Å². The predicted octanol–water partition coefficient (Wildman–Crippen LogP) is 9.04. The Hall–Kier alpha value is -8.30. The summed E-state index contributed by atoms with van der Waals surface area (Å²) in [6, 6.07) is 21.0. The Morgan fingerprint density at radius 3 is 1.17 bits per heavy atom. The lowest BCUT2D eigenvalue weighted by Gasteiger charge is -2.36. The molecule has 1 aliphatic carbocycles. The Labute approximate surface area is 537 Å². The number of benzene rings is 3. The second kappa shape index (κ2) is 27.5. The molecule has 3 aromatic carbocycles. The molecule has 1 saturated carbocycles. The van der Waals surface area contributed by atoms with E-state index >= 15 is 0 Å². The lowest BCUT2D eigenvalue weighted by atomic mass is 9.93. The predicted molar refractivity (Wildman–Crippen MR) is 355 cm³/mol. The first-order valence-electron chi connectivity index (χ1n) is 31.0. The highest BCUT2D eigenvalue weighted by Crippen LogP contribution is 2.30. The molecule has 9 aromatic rings. The minimum atomic E-state index is -3.34. The molecule has 26 heteroatoms. The first kappa shape index (κ1) is 66.6. The molecule has 3 fully saturated rings. The van der Waals surface area contributed by atoms with Gasteiger partial charge < -0.3 is 39.9 Å². The molecule has 1 atom stereocenters. The van der Waals surface area contributed by atoms with Gasteiger partial charge >= 0.3 is 0 Å². The highest BCUT2D eigenvalue weighted by atomic mass is 32.2. The van der Waals surface area contributed by atoms with E-state index in [1.807, 2.05) is 23.9 Å². The van der Waals surface area contributed by atoms with Gasteiger partial charge in [0.05, 0.1) is 82.8 Å². The zero-order chi connectivity index (χ0) is 66.0. The molecule has 3 amide bonds. The van der Waals surface area contributed by atoms with Gasteiger partial charge in [0.2, 0.25) is 0 Å². The van der Waals surface area contributed by atoms with Crippen molar-refractivity contribution in [3.8, 4) is 33.8 Å². The molecule has 0 bridgehead atoms. The van der Waals surface area contributed by atoms with Crippen LogP contribution in [0, 0.1) is 0 Å². The minimum Gasteiger partial charge on any atom is -0.349 e. The van der Waals surface area contributed by atoms with E-state index in [0.29, 0.717) is 99.0 Å². The van der Waals surface area contributed by atoms with Crippen LogP contribution in [0.5, 0.6) is 0 Å². The number of nitrogens with one attached hydrogen (secondary N) is 4. The summed E-state index contributed by atoms with van der Waals surface area (Å²) >= 11 is 0. The molecule has 92 heavy (non-hydrogen) atoms. The van der Waals surface area contributed by atoms with E-state index in [1.165, 1.54) is 0 Å². The van der Waals surface area contributed by atoms with Crippen molar-refractivity contribution in [3.63, 3.8) is 0 Å². The average Bonchev–Trinajstić information content (AvgIpc) is 1.69. The number of carbonyl (C=O) groups excluding carboxylic acids is 3. The van der Waals surface area contributed by atoms with Crippen LogP contribution in [-0.2, 0) is 29.5 Å². The monoisotopic (exact) mass is 1310 g/mol. The topological polar surface area (TPSA) is 303 Å². The van der Waals surface area contributed by atoms with Crippen molar-refractivity contribution in [2.45, 2.75) is 135 Å². The zero-order valence-electron chi connectivity index (χ0n) is 53.5. The number of piperidine rings is 2. The third-order valence-electron chi connectivity index (χ3n) is 17.5. The van der Waals surface area contributed by atoms with E-state index < -0.39 is 45.3 Å². The van der Waals surface area contributed by atoms with E-state index in [2.05, 4.69) is 64.1 Å². The average molecular weight is 1310 g/mol. The van der Waals surface area contributed by atoms with Crippen molar-refractivity contribution in [1.82, 2.24) is 69.8 Å². The summed E-state index contributed by atoms with van der Waals surface area (Å²) in [6.07, 6.45) is 17.0. The largest absolute Gasteiger partial charge is 0.349 e. The number of fused-ring (bicyclic) bond motifs is 3. The summed E-state index contributed by atoms with van der Waals surface area (Å²) in [5.41, 5.74) is 8.68. The Balaban J connectivity index is 0.000000152. The first-order chi connectivity index (χ1) is 43.7. The van der Waals surface area contributed by atoms with Crippen LogP contribution in [0.15, 0.2) is 125 Å². The van der Waals surface area contributed by atoms with Crippen LogP contribution in [0.3, 0.4) is 0 Å². The molecule has 3 aliphatic rings. The maximum absolute atomic E-state index is 13.3. The van der Waals surface area contributed by atoms with Crippen LogP contribution in [0.4, 0.5) is 0 Å². The number of aromatic amines is 3. The van der Waals surface area contributed by atoms with Gasteiger partial charge in [-0.3, -0.25) is 14.4 Å². The van der Waals surface area contributed by atoms with Gasteiger partial charge in [-0.25, -0.2) is 55.2 Å². The third kappa shape index (κ3) is 14.2. The second-order valence-corrected chi connectivity index (χ2v) is 32.4. The van der Waals surface area contributed by atoms with Crippen molar-refractivity contribution in [2.75, 3.05) is 54.4 Å². The van der Waals surface area contributed by atoms with Gasteiger partial charge in [0.25, 0.3) is 17.7 Å². The summed E-state index contributed by atoms with van der Waals surface area (Å²) in [7, 11) is -1.77. The van der Waals surface area contributed by atoms with Crippen LogP contribution >= 0.6 is 0 Å². The fraction of sp³-hybridized carbons (Fsp3) is 0.409. The molecule has 23 nitrogen and oxygen atoms in total. The molecule has 2 aliphatic heterocycles. The lowest BCUT2D eigenvalue weighted by molar-refractivity contribution is 0.0635. The molecule has 2 saturated heterocycles. The number of amides is 3. The van der Waals surface area contributed by atoms with Gasteiger partial charge in [-0.1, -0.05) is 36.4 Å². The van der Waals surface area contributed by atoms with E-state index in [1.54, 1.807) is 152 Å². The highest BCUT2D eigenvalue weighted by Gasteiger charge is 2.31. The van der Waals surface area contributed by atoms with Gasteiger partial charge in [0.1, 0.15) is 16.6 Å². The van der Waals surface area contributed by atoms with E-state index in [-0.39, 0.29) is 38.4 Å². The van der Waals surface area contributed by atoms with E-state index in [9.17, 15) is 39.6 Å². The Morgan fingerprint density at radius 1 is 0.467 bits per heavy atom. The van der Waals surface area contributed by atoms with Crippen LogP contribution < -0.4 is 5.32 Å². The third-order valence-corrected chi connectivity index (χ3v) is 24.0. The Kier molecular flexibility index (Phi) is 19.9. The number of carbonyl (C=O) groups is 3. The van der Waals surface area contributed by atoms with Crippen LogP contribution in [0.2, 0.25) is 0 Å².